The zero-order valence-electron chi connectivity index (χ0n) is 14.8. The Morgan fingerprint density at radius 1 is 1.12 bits per heavy atom. The Morgan fingerprint density at radius 3 is 2.58 bits per heavy atom. The van der Waals surface area contributed by atoms with E-state index in [1.165, 1.54) is 14.2 Å². The Hall–Kier alpha value is -3.28. The minimum absolute atomic E-state index is 0.229. The number of nitrogens with one attached hydrogen (secondary N) is 1. The average Bonchev–Trinajstić information content (AvgIpc) is 2.67. The molecule has 0 aliphatic heterocycles. The number of amides is 1. The Bertz CT molecular complexity index is 801. The molecule has 0 aliphatic carbocycles. The number of esters is 1. The second-order valence-corrected chi connectivity index (χ2v) is 5.35. The lowest BCUT2D eigenvalue weighted by Gasteiger charge is -2.13. The van der Waals surface area contributed by atoms with Gasteiger partial charge in [-0.15, -0.1) is 6.58 Å². The van der Waals surface area contributed by atoms with Crippen LogP contribution in [0, 0.1) is 0 Å². The third-order valence-electron chi connectivity index (χ3n) is 3.57. The number of ether oxygens (including phenoxy) is 3. The Morgan fingerprint density at radius 2 is 1.88 bits per heavy atom. The van der Waals surface area contributed by atoms with E-state index in [4.69, 9.17) is 14.2 Å². The summed E-state index contributed by atoms with van der Waals surface area (Å²) >= 11 is 0. The van der Waals surface area contributed by atoms with E-state index in [0.717, 1.165) is 5.56 Å². The molecule has 6 nitrogen and oxygen atoms in total. The first-order chi connectivity index (χ1) is 12.6. The predicted octanol–water partition coefficient (Wildman–Crippen LogP) is 3.23. The number of benzene rings is 2. The normalized spacial score (nSPS) is 9.92. The van der Waals surface area contributed by atoms with Crippen LogP contribution in [0.5, 0.6) is 11.5 Å². The summed E-state index contributed by atoms with van der Waals surface area (Å²) in [6.07, 6.45) is 2.50. The van der Waals surface area contributed by atoms with Crippen molar-refractivity contribution in [1.82, 2.24) is 0 Å². The number of anilines is 1. The third-order valence-corrected chi connectivity index (χ3v) is 3.57. The molecular weight excluding hydrogens is 334 g/mol. The van der Waals surface area contributed by atoms with Gasteiger partial charge in [-0.2, -0.15) is 0 Å². The Labute approximate surface area is 152 Å². The third kappa shape index (κ3) is 4.86. The van der Waals surface area contributed by atoms with E-state index in [0.29, 0.717) is 23.6 Å². The molecule has 0 bridgehead atoms. The number of allylic oxidation sites excluding steroid dienone is 1. The van der Waals surface area contributed by atoms with Gasteiger partial charge in [-0.05, 0) is 36.2 Å². The highest BCUT2D eigenvalue weighted by Crippen LogP contribution is 2.28. The summed E-state index contributed by atoms with van der Waals surface area (Å²) in [6.45, 7) is 3.47. The van der Waals surface area contributed by atoms with E-state index in [9.17, 15) is 9.59 Å². The van der Waals surface area contributed by atoms with Gasteiger partial charge in [-0.25, -0.2) is 4.79 Å². The van der Waals surface area contributed by atoms with E-state index in [-0.39, 0.29) is 12.2 Å². The monoisotopic (exact) mass is 355 g/mol. The molecule has 0 atom stereocenters. The quantitative estimate of drug-likeness (QED) is 0.581. The van der Waals surface area contributed by atoms with Gasteiger partial charge in [0.1, 0.15) is 0 Å². The summed E-state index contributed by atoms with van der Waals surface area (Å²) in [7, 11) is 2.82. The maximum Gasteiger partial charge on any atom is 0.339 e. The average molecular weight is 355 g/mol. The fraction of sp³-hybridized carbons (Fsp3) is 0.200. The van der Waals surface area contributed by atoms with Crippen molar-refractivity contribution in [1.29, 1.82) is 0 Å². The number of hydrogen-bond acceptors (Lipinski definition) is 5. The zero-order valence-corrected chi connectivity index (χ0v) is 14.8. The molecule has 2 rings (SSSR count). The van der Waals surface area contributed by atoms with Gasteiger partial charge in [0.25, 0.3) is 5.91 Å². The van der Waals surface area contributed by atoms with Crippen LogP contribution in [-0.4, -0.2) is 32.7 Å². The van der Waals surface area contributed by atoms with Crippen molar-refractivity contribution in [2.45, 2.75) is 6.42 Å². The van der Waals surface area contributed by atoms with Crippen LogP contribution in [0.2, 0.25) is 0 Å². The zero-order chi connectivity index (χ0) is 18.9. The maximum absolute atomic E-state index is 12.2. The summed E-state index contributed by atoms with van der Waals surface area (Å²) in [5.74, 6) is 0.0590. The van der Waals surface area contributed by atoms with Gasteiger partial charge in [0.15, 0.2) is 18.1 Å². The van der Waals surface area contributed by atoms with Crippen LogP contribution in [0.15, 0.2) is 55.1 Å². The van der Waals surface area contributed by atoms with E-state index < -0.39 is 11.9 Å². The molecule has 0 unspecified atom stereocenters. The van der Waals surface area contributed by atoms with Crippen LogP contribution in [0.1, 0.15) is 15.9 Å². The maximum atomic E-state index is 12.2. The number of carbonyl (C=O) groups is 2. The van der Waals surface area contributed by atoms with Gasteiger partial charge in [0.2, 0.25) is 0 Å². The van der Waals surface area contributed by atoms with Gasteiger partial charge in [-0.1, -0.05) is 24.3 Å². The number of rotatable bonds is 8. The van der Waals surface area contributed by atoms with Crippen molar-refractivity contribution < 1.29 is 23.8 Å². The van der Waals surface area contributed by atoms with Crippen molar-refractivity contribution in [2.24, 2.45) is 0 Å². The lowest BCUT2D eigenvalue weighted by molar-refractivity contribution is -0.118. The molecule has 0 saturated heterocycles. The fourth-order valence-corrected chi connectivity index (χ4v) is 2.33. The van der Waals surface area contributed by atoms with Crippen LogP contribution < -0.4 is 14.8 Å². The van der Waals surface area contributed by atoms with E-state index >= 15 is 0 Å². The summed E-state index contributed by atoms with van der Waals surface area (Å²) in [5, 5.41) is 2.65. The molecule has 26 heavy (non-hydrogen) atoms. The lowest BCUT2D eigenvalue weighted by Crippen LogP contribution is -2.22. The number of carbonyl (C=O) groups excluding carboxylic acids is 2. The lowest BCUT2D eigenvalue weighted by atomic mass is 10.1. The van der Waals surface area contributed by atoms with E-state index in [2.05, 4.69) is 11.9 Å². The number of methoxy groups -OCH3 is 2. The van der Waals surface area contributed by atoms with Crippen molar-refractivity contribution in [3.8, 4) is 11.5 Å². The van der Waals surface area contributed by atoms with Crippen LogP contribution in [-0.2, 0) is 16.0 Å². The van der Waals surface area contributed by atoms with Crippen molar-refractivity contribution >= 4 is 17.6 Å². The van der Waals surface area contributed by atoms with Gasteiger partial charge in [0.05, 0.1) is 25.5 Å². The van der Waals surface area contributed by atoms with Gasteiger partial charge < -0.3 is 19.5 Å². The largest absolute Gasteiger partial charge is 0.493 e. The Balaban J connectivity index is 2.04. The van der Waals surface area contributed by atoms with Crippen LogP contribution in [0.25, 0.3) is 0 Å². The highest BCUT2D eigenvalue weighted by Gasteiger charge is 2.14. The molecule has 0 aliphatic rings. The van der Waals surface area contributed by atoms with Crippen LogP contribution in [0.4, 0.5) is 5.69 Å². The predicted molar refractivity (Wildman–Crippen MR) is 98.8 cm³/mol. The van der Waals surface area contributed by atoms with Crippen molar-refractivity contribution in [2.75, 3.05) is 26.1 Å². The summed E-state index contributed by atoms with van der Waals surface area (Å²) < 4.78 is 15.5. The number of para-hydroxylation sites is 1. The second kappa shape index (κ2) is 9.27. The highest BCUT2D eigenvalue weighted by atomic mass is 16.5. The van der Waals surface area contributed by atoms with E-state index in [1.54, 1.807) is 36.4 Å². The first-order valence-corrected chi connectivity index (χ1v) is 7.96. The topological polar surface area (TPSA) is 73.9 Å². The minimum atomic E-state index is -0.527. The van der Waals surface area contributed by atoms with Crippen LogP contribution in [0.3, 0.4) is 0 Å². The molecule has 0 spiro atoms. The molecule has 1 amide bonds. The minimum Gasteiger partial charge on any atom is -0.493 e. The molecule has 0 saturated carbocycles. The Kier molecular flexibility index (Phi) is 6.79. The van der Waals surface area contributed by atoms with Gasteiger partial charge in [-0.3, -0.25) is 4.79 Å². The van der Waals surface area contributed by atoms with E-state index in [1.807, 2.05) is 12.1 Å². The molecule has 0 heterocycles. The molecule has 0 aromatic heterocycles. The molecule has 1 N–H and O–H groups in total. The van der Waals surface area contributed by atoms with Crippen LogP contribution >= 0.6 is 0 Å². The smallest absolute Gasteiger partial charge is 0.339 e. The number of hydrogen-bond donors (Lipinski definition) is 1. The van der Waals surface area contributed by atoms with Gasteiger partial charge >= 0.3 is 5.97 Å². The van der Waals surface area contributed by atoms with Crippen molar-refractivity contribution in [3.63, 3.8) is 0 Å². The molecule has 136 valence electrons. The molecular formula is C20H21NO5. The molecule has 0 radical (unpaired) electrons. The first kappa shape index (κ1) is 19.1. The highest BCUT2D eigenvalue weighted by molar-refractivity contribution is 6.01. The molecule has 2 aromatic carbocycles. The molecule has 2 aromatic rings. The fourth-order valence-electron chi connectivity index (χ4n) is 2.33. The molecule has 6 heteroatoms. The summed E-state index contributed by atoms with van der Waals surface area (Å²) in [5.41, 5.74) is 1.66. The first-order valence-electron chi connectivity index (χ1n) is 7.96. The summed E-state index contributed by atoms with van der Waals surface area (Å²) in [4.78, 5) is 23.9. The standard InChI is InChI=1S/C20H21NO5/c1-4-7-14-10-11-17(18(12-14)24-2)26-13-19(22)21-16-9-6-5-8-15(16)20(23)25-3/h4-6,8-12H,1,7,13H2,2-3H3,(H,21,22). The SMILES string of the molecule is C=CCc1ccc(OCC(=O)Nc2ccccc2C(=O)OC)c(OC)c1. The van der Waals surface area contributed by atoms with Gasteiger partial charge in [0, 0.05) is 0 Å². The molecule has 0 fully saturated rings. The second-order valence-electron chi connectivity index (χ2n) is 5.35. The summed E-state index contributed by atoms with van der Waals surface area (Å²) in [6, 6.07) is 12.1. The van der Waals surface area contributed by atoms with Crippen molar-refractivity contribution in [3.05, 3.63) is 66.2 Å².